The maximum atomic E-state index is 9.18. The third-order valence-corrected chi connectivity index (χ3v) is 2.70. The van der Waals surface area contributed by atoms with Crippen LogP contribution in [0.2, 0.25) is 0 Å². The third-order valence-electron chi connectivity index (χ3n) is 2.70. The van der Waals surface area contributed by atoms with Crippen molar-refractivity contribution in [3.63, 3.8) is 0 Å². The molecular weight excluding hydrogens is 208 g/mol. The first-order valence-electron chi connectivity index (χ1n) is 5.35. The van der Waals surface area contributed by atoms with Crippen molar-refractivity contribution >= 4 is 0 Å². The molecule has 0 fully saturated rings. The zero-order chi connectivity index (χ0) is 11.5. The zero-order valence-corrected chi connectivity index (χ0v) is 9.53. The Labute approximate surface area is 94.8 Å². The van der Waals surface area contributed by atoms with Crippen LogP contribution in [-0.2, 0) is 0 Å². The summed E-state index contributed by atoms with van der Waals surface area (Å²) in [6, 6.07) is 3.77. The van der Waals surface area contributed by atoms with Gasteiger partial charge in [0.1, 0.15) is 13.2 Å². The van der Waals surface area contributed by atoms with Crippen LogP contribution < -0.4 is 14.2 Å². The summed E-state index contributed by atoms with van der Waals surface area (Å²) < 4.78 is 16.4. The lowest BCUT2D eigenvalue weighted by Crippen LogP contribution is -2.17. The monoisotopic (exact) mass is 224 g/mol. The normalized spacial score (nSPS) is 15.7. The van der Waals surface area contributed by atoms with Crippen molar-refractivity contribution in [2.45, 2.75) is 12.8 Å². The summed E-state index contributed by atoms with van der Waals surface area (Å²) >= 11 is 0. The van der Waals surface area contributed by atoms with Gasteiger partial charge in [0.15, 0.2) is 11.5 Å². The van der Waals surface area contributed by atoms with E-state index in [4.69, 9.17) is 14.2 Å². The molecule has 0 aromatic heterocycles. The van der Waals surface area contributed by atoms with Crippen molar-refractivity contribution in [1.29, 1.82) is 0 Å². The maximum absolute atomic E-state index is 9.18. The molecular formula is C12H16O4. The highest BCUT2D eigenvalue weighted by Crippen LogP contribution is 2.43. The smallest absolute Gasteiger partial charge is 0.203 e. The molecule has 16 heavy (non-hydrogen) atoms. The van der Waals surface area contributed by atoms with Crippen LogP contribution in [-0.4, -0.2) is 32.0 Å². The van der Waals surface area contributed by atoms with Crippen molar-refractivity contribution in [1.82, 2.24) is 0 Å². The summed E-state index contributed by atoms with van der Waals surface area (Å²) in [6.45, 7) is 3.11. The molecule has 0 saturated carbocycles. The van der Waals surface area contributed by atoms with E-state index >= 15 is 0 Å². The van der Waals surface area contributed by atoms with Crippen LogP contribution in [0, 0.1) is 0 Å². The van der Waals surface area contributed by atoms with Gasteiger partial charge in [-0.1, -0.05) is 13.0 Å². The molecule has 0 radical (unpaired) electrons. The molecule has 1 heterocycles. The third kappa shape index (κ3) is 1.80. The number of benzene rings is 1. The molecule has 1 aromatic carbocycles. The number of ether oxygens (including phenoxy) is 3. The molecule has 1 N–H and O–H groups in total. The Balaban J connectivity index is 2.47. The van der Waals surface area contributed by atoms with Gasteiger partial charge in [0.05, 0.1) is 7.11 Å². The number of methoxy groups -OCH3 is 1. The molecule has 0 amide bonds. The van der Waals surface area contributed by atoms with E-state index in [0.717, 1.165) is 5.56 Å². The number of hydrogen-bond donors (Lipinski definition) is 1. The van der Waals surface area contributed by atoms with E-state index in [2.05, 4.69) is 0 Å². The fourth-order valence-electron chi connectivity index (χ4n) is 1.80. The van der Waals surface area contributed by atoms with Gasteiger partial charge in [0.2, 0.25) is 5.75 Å². The molecule has 1 unspecified atom stereocenters. The lowest BCUT2D eigenvalue weighted by molar-refractivity contribution is 0.164. The van der Waals surface area contributed by atoms with Crippen LogP contribution in [0.15, 0.2) is 12.1 Å². The first-order chi connectivity index (χ1) is 7.77. The Kier molecular flexibility index (Phi) is 3.19. The molecule has 1 aliphatic rings. The van der Waals surface area contributed by atoms with Gasteiger partial charge in [-0.15, -0.1) is 0 Å². The summed E-state index contributed by atoms with van der Waals surface area (Å²) in [6.07, 6.45) is 0. The average Bonchev–Trinajstić information content (AvgIpc) is 2.36. The predicted molar refractivity (Wildman–Crippen MR) is 59.5 cm³/mol. The van der Waals surface area contributed by atoms with Crippen LogP contribution in [0.5, 0.6) is 17.2 Å². The zero-order valence-electron chi connectivity index (χ0n) is 9.53. The van der Waals surface area contributed by atoms with Crippen molar-refractivity contribution in [3.8, 4) is 17.2 Å². The Bertz CT molecular complexity index is 376. The Morgan fingerprint density at radius 3 is 2.81 bits per heavy atom. The van der Waals surface area contributed by atoms with Gasteiger partial charge in [0, 0.05) is 18.1 Å². The van der Waals surface area contributed by atoms with Gasteiger partial charge >= 0.3 is 0 Å². The summed E-state index contributed by atoms with van der Waals surface area (Å²) in [4.78, 5) is 0. The van der Waals surface area contributed by atoms with Crippen molar-refractivity contribution in [2.75, 3.05) is 26.9 Å². The first-order valence-corrected chi connectivity index (χ1v) is 5.35. The molecule has 4 heteroatoms. The van der Waals surface area contributed by atoms with Crippen LogP contribution >= 0.6 is 0 Å². The molecule has 1 atom stereocenters. The summed E-state index contributed by atoms with van der Waals surface area (Å²) in [5.41, 5.74) is 0.939. The van der Waals surface area contributed by atoms with Gasteiger partial charge in [-0.2, -0.15) is 0 Å². The summed E-state index contributed by atoms with van der Waals surface area (Å²) in [5, 5.41) is 9.18. The standard InChI is InChI=1S/C12H16O4/c1-8(7-13)9-3-4-10-12(11(9)14-2)16-6-5-15-10/h3-4,8,13H,5-7H2,1-2H3. The van der Waals surface area contributed by atoms with Gasteiger partial charge in [-0.25, -0.2) is 0 Å². The number of fused-ring (bicyclic) bond motifs is 1. The highest BCUT2D eigenvalue weighted by molar-refractivity contribution is 5.57. The highest BCUT2D eigenvalue weighted by atomic mass is 16.6. The molecule has 2 rings (SSSR count). The number of rotatable bonds is 3. The van der Waals surface area contributed by atoms with E-state index in [1.807, 2.05) is 19.1 Å². The minimum Gasteiger partial charge on any atom is -0.492 e. The predicted octanol–water partition coefficient (Wildman–Crippen LogP) is 1.56. The van der Waals surface area contributed by atoms with Crippen molar-refractivity contribution < 1.29 is 19.3 Å². The van der Waals surface area contributed by atoms with Crippen LogP contribution in [0.25, 0.3) is 0 Å². The highest BCUT2D eigenvalue weighted by Gasteiger charge is 2.22. The summed E-state index contributed by atoms with van der Waals surface area (Å²) in [7, 11) is 1.60. The molecule has 0 saturated heterocycles. The second-order valence-electron chi connectivity index (χ2n) is 3.80. The molecule has 0 aliphatic carbocycles. The Hall–Kier alpha value is -1.42. The Morgan fingerprint density at radius 2 is 2.12 bits per heavy atom. The van der Waals surface area contributed by atoms with Crippen LogP contribution in [0.3, 0.4) is 0 Å². The van der Waals surface area contributed by atoms with E-state index in [1.165, 1.54) is 0 Å². The van der Waals surface area contributed by atoms with E-state index < -0.39 is 0 Å². The van der Waals surface area contributed by atoms with E-state index in [1.54, 1.807) is 7.11 Å². The second-order valence-corrected chi connectivity index (χ2v) is 3.80. The molecule has 0 spiro atoms. The van der Waals surface area contributed by atoms with Gasteiger partial charge in [0.25, 0.3) is 0 Å². The molecule has 1 aliphatic heterocycles. The fourth-order valence-corrected chi connectivity index (χ4v) is 1.80. The maximum Gasteiger partial charge on any atom is 0.203 e. The van der Waals surface area contributed by atoms with Gasteiger partial charge < -0.3 is 19.3 Å². The Morgan fingerprint density at radius 1 is 1.38 bits per heavy atom. The fraction of sp³-hybridized carbons (Fsp3) is 0.500. The lowest BCUT2D eigenvalue weighted by Gasteiger charge is -2.23. The van der Waals surface area contributed by atoms with E-state index in [0.29, 0.717) is 30.5 Å². The first kappa shape index (κ1) is 11.1. The van der Waals surface area contributed by atoms with E-state index in [-0.39, 0.29) is 12.5 Å². The molecule has 0 bridgehead atoms. The van der Waals surface area contributed by atoms with Gasteiger partial charge in [-0.05, 0) is 6.07 Å². The van der Waals surface area contributed by atoms with E-state index in [9.17, 15) is 5.11 Å². The minimum absolute atomic E-state index is 0.0192. The lowest BCUT2D eigenvalue weighted by atomic mass is 10.00. The largest absolute Gasteiger partial charge is 0.492 e. The average molecular weight is 224 g/mol. The second kappa shape index (κ2) is 4.61. The minimum atomic E-state index is 0.0192. The van der Waals surface area contributed by atoms with Crippen molar-refractivity contribution in [2.24, 2.45) is 0 Å². The molecule has 88 valence electrons. The van der Waals surface area contributed by atoms with Crippen LogP contribution in [0.1, 0.15) is 18.4 Å². The van der Waals surface area contributed by atoms with Gasteiger partial charge in [-0.3, -0.25) is 0 Å². The number of aliphatic hydroxyl groups is 1. The quantitative estimate of drug-likeness (QED) is 0.846. The molecule has 1 aromatic rings. The topological polar surface area (TPSA) is 47.9 Å². The SMILES string of the molecule is COc1c(C(C)CO)ccc2c1OCCO2. The van der Waals surface area contributed by atoms with Crippen LogP contribution in [0.4, 0.5) is 0 Å². The van der Waals surface area contributed by atoms with Crippen molar-refractivity contribution in [3.05, 3.63) is 17.7 Å². The number of hydrogen-bond acceptors (Lipinski definition) is 4. The summed E-state index contributed by atoms with van der Waals surface area (Å²) in [5.74, 6) is 2.04. The molecule has 4 nitrogen and oxygen atoms in total. The number of aliphatic hydroxyl groups excluding tert-OH is 1.